The van der Waals surface area contributed by atoms with Gasteiger partial charge in [0, 0.05) is 56.6 Å². The summed E-state index contributed by atoms with van der Waals surface area (Å²) >= 11 is 14.1. The van der Waals surface area contributed by atoms with Crippen LogP contribution in [0.15, 0.2) is 94.5 Å². The normalized spacial score (nSPS) is 11.1. The number of nitrogens with zero attached hydrogens (tertiary/aromatic N) is 4. The second kappa shape index (κ2) is 9.46. The lowest BCUT2D eigenvalue weighted by molar-refractivity contribution is 0.731. The number of allylic oxidation sites excluding steroid dienone is 1. The molecule has 0 unspecified atom stereocenters. The van der Waals surface area contributed by atoms with Gasteiger partial charge in [0.25, 0.3) is 5.56 Å². The van der Waals surface area contributed by atoms with Crippen LogP contribution in [-0.2, 0) is 6.54 Å². The van der Waals surface area contributed by atoms with Crippen LogP contribution in [0, 0.1) is 0 Å². The SMILES string of the molecule is C=CCn1c(Sc2c(-c3ccccc3Cl)c3cc(Cl)ccc3[nH]c2=O)nnc1-c1cccnc1. The molecule has 0 aliphatic rings. The number of hydrogen-bond donors (Lipinski definition) is 1. The first kappa shape index (κ1) is 22.4. The highest BCUT2D eigenvalue weighted by Gasteiger charge is 2.22. The van der Waals surface area contributed by atoms with Gasteiger partial charge in [-0.15, -0.1) is 16.8 Å². The Bertz CT molecular complexity index is 1580. The highest BCUT2D eigenvalue weighted by atomic mass is 35.5. The van der Waals surface area contributed by atoms with Crippen molar-refractivity contribution in [2.24, 2.45) is 0 Å². The fourth-order valence-electron chi connectivity index (χ4n) is 3.73. The Morgan fingerprint density at radius 3 is 2.71 bits per heavy atom. The van der Waals surface area contributed by atoms with Crippen LogP contribution in [0.1, 0.15) is 0 Å². The summed E-state index contributed by atoms with van der Waals surface area (Å²) in [6.07, 6.45) is 5.17. The van der Waals surface area contributed by atoms with E-state index in [9.17, 15) is 4.79 Å². The molecule has 5 aromatic rings. The van der Waals surface area contributed by atoms with E-state index in [1.54, 1.807) is 36.7 Å². The van der Waals surface area contributed by atoms with E-state index in [0.29, 0.717) is 43.5 Å². The minimum Gasteiger partial charge on any atom is -0.321 e. The molecule has 1 N–H and O–H groups in total. The molecular weight excluding hydrogens is 489 g/mol. The minimum atomic E-state index is -0.258. The van der Waals surface area contributed by atoms with Crippen molar-refractivity contribution in [3.05, 3.63) is 100 Å². The molecule has 0 aliphatic heterocycles. The summed E-state index contributed by atoms with van der Waals surface area (Å²) in [6, 6.07) is 16.5. The standard InChI is InChI=1S/C25H17Cl2N5OS/c1-2-12-32-23(15-6-5-11-28-14-15)30-31-25(32)34-22-21(17-7-3-4-8-19(17)27)18-13-16(26)9-10-20(18)29-24(22)33/h2-11,13-14H,1,12H2,(H,29,33). The maximum absolute atomic E-state index is 13.3. The Kier molecular flexibility index (Phi) is 6.24. The Labute approximate surface area is 209 Å². The lowest BCUT2D eigenvalue weighted by Gasteiger charge is -2.14. The summed E-state index contributed by atoms with van der Waals surface area (Å²) in [5, 5.41) is 11.2. The van der Waals surface area contributed by atoms with Crippen molar-refractivity contribution in [1.82, 2.24) is 24.7 Å². The Balaban J connectivity index is 1.75. The van der Waals surface area contributed by atoms with E-state index in [2.05, 4.69) is 26.7 Å². The number of aromatic nitrogens is 5. The van der Waals surface area contributed by atoms with Crippen molar-refractivity contribution in [2.75, 3.05) is 0 Å². The van der Waals surface area contributed by atoms with Crippen LogP contribution in [0.5, 0.6) is 0 Å². The van der Waals surface area contributed by atoms with Crippen LogP contribution in [0.25, 0.3) is 33.4 Å². The summed E-state index contributed by atoms with van der Waals surface area (Å²) in [4.78, 5) is 20.9. The first-order valence-electron chi connectivity index (χ1n) is 10.3. The molecule has 2 aromatic carbocycles. The Morgan fingerprint density at radius 1 is 1.09 bits per heavy atom. The third-order valence-corrected chi connectivity index (χ3v) is 6.86. The molecule has 0 aliphatic carbocycles. The van der Waals surface area contributed by atoms with E-state index in [-0.39, 0.29) is 5.56 Å². The molecule has 168 valence electrons. The second-order valence-corrected chi connectivity index (χ2v) is 9.20. The summed E-state index contributed by atoms with van der Waals surface area (Å²) in [5.41, 5.74) is 2.64. The summed E-state index contributed by atoms with van der Waals surface area (Å²) in [6.45, 7) is 4.32. The molecule has 0 amide bonds. The highest BCUT2D eigenvalue weighted by Crippen LogP contribution is 2.41. The molecule has 0 bridgehead atoms. The second-order valence-electron chi connectivity index (χ2n) is 7.38. The predicted molar refractivity (Wildman–Crippen MR) is 138 cm³/mol. The molecule has 0 fully saturated rings. The molecule has 9 heteroatoms. The highest BCUT2D eigenvalue weighted by molar-refractivity contribution is 7.99. The molecule has 3 heterocycles. The first-order valence-corrected chi connectivity index (χ1v) is 11.9. The minimum absolute atomic E-state index is 0.258. The molecule has 6 nitrogen and oxygen atoms in total. The number of benzene rings is 2. The molecule has 0 radical (unpaired) electrons. The number of aromatic amines is 1. The van der Waals surface area contributed by atoms with Gasteiger partial charge in [0.05, 0.1) is 4.90 Å². The van der Waals surface area contributed by atoms with Crippen LogP contribution in [0.4, 0.5) is 0 Å². The van der Waals surface area contributed by atoms with Gasteiger partial charge >= 0.3 is 0 Å². The van der Waals surface area contributed by atoms with Gasteiger partial charge in [-0.3, -0.25) is 14.3 Å². The van der Waals surface area contributed by atoms with E-state index in [4.69, 9.17) is 23.2 Å². The van der Waals surface area contributed by atoms with Gasteiger partial charge in [-0.25, -0.2) is 0 Å². The smallest absolute Gasteiger partial charge is 0.263 e. The largest absolute Gasteiger partial charge is 0.321 e. The van der Waals surface area contributed by atoms with E-state index in [1.165, 1.54) is 11.8 Å². The van der Waals surface area contributed by atoms with Crippen LogP contribution < -0.4 is 5.56 Å². The number of H-pyrrole nitrogens is 1. The average Bonchev–Trinajstić information content (AvgIpc) is 3.24. The zero-order valence-corrected chi connectivity index (χ0v) is 20.0. The summed E-state index contributed by atoms with van der Waals surface area (Å²) in [5.74, 6) is 0.634. The monoisotopic (exact) mass is 505 g/mol. The molecule has 5 rings (SSSR count). The quantitative estimate of drug-likeness (QED) is 0.266. The molecule has 0 atom stereocenters. The molecule has 0 spiro atoms. The van der Waals surface area contributed by atoms with E-state index in [0.717, 1.165) is 16.5 Å². The topological polar surface area (TPSA) is 76.5 Å². The average molecular weight is 506 g/mol. The Hall–Kier alpha value is -3.39. The lowest BCUT2D eigenvalue weighted by atomic mass is 10.0. The Morgan fingerprint density at radius 2 is 1.94 bits per heavy atom. The van der Waals surface area contributed by atoms with Crippen molar-refractivity contribution in [2.45, 2.75) is 16.6 Å². The molecule has 34 heavy (non-hydrogen) atoms. The van der Waals surface area contributed by atoms with E-state index >= 15 is 0 Å². The number of pyridine rings is 2. The first-order chi connectivity index (χ1) is 16.6. The number of nitrogens with one attached hydrogen (secondary N) is 1. The van der Waals surface area contributed by atoms with E-state index in [1.807, 2.05) is 41.0 Å². The summed E-state index contributed by atoms with van der Waals surface area (Å²) < 4.78 is 1.90. The number of hydrogen-bond acceptors (Lipinski definition) is 5. The van der Waals surface area contributed by atoms with Crippen LogP contribution in [-0.4, -0.2) is 24.7 Å². The molecule has 0 saturated carbocycles. The van der Waals surface area contributed by atoms with Gasteiger partial charge in [-0.1, -0.05) is 47.5 Å². The molecule has 0 saturated heterocycles. The van der Waals surface area contributed by atoms with Gasteiger partial charge in [0.15, 0.2) is 11.0 Å². The zero-order chi connectivity index (χ0) is 23.7. The molecule has 3 aromatic heterocycles. The predicted octanol–water partition coefficient (Wildman–Crippen LogP) is 6.49. The number of fused-ring (bicyclic) bond motifs is 1. The van der Waals surface area contributed by atoms with Crippen molar-refractivity contribution < 1.29 is 0 Å². The van der Waals surface area contributed by atoms with Crippen LogP contribution >= 0.6 is 35.0 Å². The number of halogens is 2. The van der Waals surface area contributed by atoms with Crippen molar-refractivity contribution >= 4 is 45.9 Å². The molecular formula is C25H17Cl2N5OS. The van der Waals surface area contributed by atoms with Crippen LogP contribution in [0.2, 0.25) is 10.0 Å². The van der Waals surface area contributed by atoms with Gasteiger partial charge in [0.1, 0.15) is 0 Å². The summed E-state index contributed by atoms with van der Waals surface area (Å²) in [7, 11) is 0. The fourth-order valence-corrected chi connectivity index (χ4v) is 5.14. The van der Waals surface area contributed by atoms with Gasteiger partial charge in [-0.2, -0.15) is 0 Å². The van der Waals surface area contributed by atoms with Gasteiger partial charge < -0.3 is 4.98 Å². The zero-order valence-electron chi connectivity index (χ0n) is 17.7. The van der Waals surface area contributed by atoms with Gasteiger partial charge in [0.2, 0.25) is 0 Å². The van der Waals surface area contributed by atoms with Crippen molar-refractivity contribution in [1.29, 1.82) is 0 Å². The van der Waals surface area contributed by atoms with E-state index < -0.39 is 0 Å². The van der Waals surface area contributed by atoms with Crippen molar-refractivity contribution in [3.8, 4) is 22.5 Å². The maximum Gasteiger partial charge on any atom is 0.263 e. The third kappa shape index (κ3) is 4.14. The third-order valence-electron chi connectivity index (χ3n) is 5.22. The number of rotatable bonds is 6. The van der Waals surface area contributed by atoms with Crippen molar-refractivity contribution in [3.63, 3.8) is 0 Å². The lowest BCUT2D eigenvalue weighted by Crippen LogP contribution is -2.11. The van der Waals surface area contributed by atoms with Gasteiger partial charge in [-0.05, 0) is 48.2 Å². The fraction of sp³-hybridized carbons (Fsp3) is 0.0400. The maximum atomic E-state index is 13.3. The van der Waals surface area contributed by atoms with Crippen LogP contribution in [0.3, 0.4) is 0 Å².